The molecule has 0 aliphatic carbocycles. The first-order valence-electron chi connectivity index (χ1n) is 30.6. The Balaban J connectivity index is 1.13. The van der Waals surface area contributed by atoms with Crippen LogP contribution in [0, 0.1) is 0 Å². The number of hydrogen-bond acceptors (Lipinski definition) is 4. The molecular formula is C78H52BN3O. The Morgan fingerprint density at radius 2 is 0.843 bits per heavy atom. The molecule has 2 aliphatic heterocycles. The summed E-state index contributed by atoms with van der Waals surface area (Å²) < 4.78 is 54.4. The normalized spacial score (nSPS) is 13.1. The third-order valence-corrected chi connectivity index (χ3v) is 16.5. The van der Waals surface area contributed by atoms with Crippen LogP contribution in [0.4, 0.5) is 51.2 Å². The molecule has 4 nitrogen and oxygen atoms in total. The minimum Gasteiger partial charge on any atom is -0.454 e. The van der Waals surface area contributed by atoms with Crippen molar-refractivity contribution in [2.75, 3.05) is 14.7 Å². The molecule has 14 aromatic rings. The number of benzene rings is 13. The summed E-state index contributed by atoms with van der Waals surface area (Å²) in [6.45, 7) is -0.501. The summed E-state index contributed by atoms with van der Waals surface area (Å²) >= 11 is 0. The number of para-hydroxylation sites is 5. The Kier molecular flexibility index (Phi) is 10.4. The zero-order chi connectivity index (χ0) is 59.1. The highest BCUT2D eigenvalue weighted by Crippen LogP contribution is 2.55. The van der Waals surface area contributed by atoms with Crippen molar-refractivity contribution >= 4 is 96.2 Å². The van der Waals surface area contributed by atoms with E-state index in [0.29, 0.717) is 11.1 Å². The predicted octanol–water partition coefficient (Wildman–Crippen LogP) is 19.5. The third kappa shape index (κ3) is 8.00. The Bertz CT molecular complexity index is 4930. The van der Waals surface area contributed by atoms with Crippen LogP contribution in [0.1, 0.15) is 6.85 Å². The number of anilines is 9. The largest absolute Gasteiger partial charge is 0.454 e. The first-order valence-corrected chi connectivity index (χ1v) is 28.1. The summed E-state index contributed by atoms with van der Waals surface area (Å²) in [6, 6.07) is 97.8. The van der Waals surface area contributed by atoms with Gasteiger partial charge in [0.15, 0.2) is 5.58 Å². The Morgan fingerprint density at radius 1 is 0.349 bits per heavy atom. The van der Waals surface area contributed by atoms with Gasteiger partial charge in [-0.05, 0) is 116 Å². The highest BCUT2D eigenvalue weighted by Gasteiger charge is 2.47. The van der Waals surface area contributed by atoms with Gasteiger partial charge in [0.2, 0.25) is 0 Å². The first kappa shape index (κ1) is 43.0. The molecular weight excluding hydrogens is 1010 g/mol. The molecule has 0 saturated heterocycles. The van der Waals surface area contributed by atoms with Crippen LogP contribution in [0.3, 0.4) is 0 Å². The summed E-state index contributed by atoms with van der Waals surface area (Å²) in [4.78, 5) is 7.10. The van der Waals surface area contributed by atoms with E-state index in [4.69, 9.17) is 5.79 Å². The van der Waals surface area contributed by atoms with Crippen molar-refractivity contribution in [3.63, 3.8) is 0 Å². The number of fused-ring (bicyclic) bond motifs is 8. The summed E-state index contributed by atoms with van der Waals surface area (Å²) in [7, 11) is 0. The van der Waals surface area contributed by atoms with Crippen LogP contribution >= 0.6 is 0 Å². The van der Waals surface area contributed by atoms with Crippen LogP contribution in [0.2, 0.25) is 0 Å². The van der Waals surface area contributed by atoms with Crippen LogP contribution in [0.15, 0.2) is 320 Å². The fraction of sp³-hybridized carbons (Fsp3) is 0. The van der Waals surface area contributed by atoms with Gasteiger partial charge in [-0.1, -0.05) is 255 Å². The molecule has 0 unspecified atom stereocenters. The lowest BCUT2D eigenvalue weighted by molar-refractivity contribution is 0.669. The molecule has 0 radical (unpaired) electrons. The molecule has 3 heterocycles. The minimum absolute atomic E-state index is 0.0951. The van der Waals surface area contributed by atoms with Crippen molar-refractivity contribution in [3.8, 4) is 55.6 Å². The Morgan fingerprint density at radius 3 is 1.46 bits per heavy atom. The van der Waals surface area contributed by atoms with Gasteiger partial charge in [-0.2, -0.15) is 0 Å². The van der Waals surface area contributed by atoms with Crippen molar-refractivity contribution < 1.29 is 11.3 Å². The second-order valence-corrected chi connectivity index (χ2v) is 21.1. The standard InChI is InChI=1S/C78H52BN3O/c1-8-27-53(28-9-1)58-47-48-66-69(49-58)82(76-63(56-33-14-4-15-34-56)43-26-44-64(76)57-35-16-5-17-36-57)72-51-59(54-29-10-2-11-30-54)50-71-75(72)79(66)67-52-70(80(60-37-18-6-19-38-60)61-39-20-7-21-40-61)74-65-42-23-25-46-73(65)83-78(74)77(67)81(71)68-45-24-22-41-62(68)55-31-12-3-13-32-55/h1-52H/i2D,10D,11D,29D,30D. The van der Waals surface area contributed by atoms with Crippen LogP contribution in [0.5, 0.6) is 0 Å². The third-order valence-electron chi connectivity index (χ3n) is 16.5. The van der Waals surface area contributed by atoms with E-state index in [2.05, 4.69) is 263 Å². The fourth-order valence-electron chi connectivity index (χ4n) is 12.9. The summed E-state index contributed by atoms with van der Waals surface area (Å²) in [5.74, 6) is 0. The summed E-state index contributed by atoms with van der Waals surface area (Å²) in [6.07, 6.45) is 0. The zero-order valence-electron chi connectivity index (χ0n) is 50.0. The first-order chi connectivity index (χ1) is 43.3. The molecule has 0 spiro atoms. The maximum atomic E-state index is 9.78. The summed E-state index contributed by atoms with van der Waals surface area (Å²) in [5.41, 5.74) is 20.8. The molecule has 388 valence electrons. The van der Waals surface area contributed by atoms with E-state index in [1.807, 2.05) is 36.4 Å². The smallest absolute Gasteiger partial charge is 0.252 e. The van der Waals surface area contributed by atoms with E-state index in [0.717, 1.165) is 128 Å². The van der Waals surface area contributed by atoms with Gasteiger partial charge in [0, 0.05) is 50.5 Å². The molecule has 0 fully saturated rings. The topological polar surface area (TPSA) is 22.9 Å². The quantitative estimate of drug-likeness (QED) is 0.127. The molecule has 0 atom stereocenters. The molecule has 16 rings (SSSR count). The minimum atomic E-state index is -0.501. The molecule has 5 heteroatoms. The van der Waals surface area contributed by atoms with Crippen molar-refractivity contribution in [1.29, 1.82) is 0 Å². The monoisotopic (exact) mass is 1060 g/mol. The van der Waals surface area contributed by atoms with Crippen molar-refractivity contribution in [3.05, 3.63) is 315 Å². The average molecular weight is 1060 g/mol. The van der Waals surface area contributed by atoms with Crippen molar-refractivity contribution in [1.82, 2.24) is 0 Å². The van der Waals surface area contributed by atoms with Gasteiger partial charge in [0.1, 0.15) is 5.58 Å². The van der Waals surface area contributed by atoms with Gasteiger partial charge >= 0.3 is 0 Å². The molecule has 1 aromatic heterocycles. The average Bonchev–Trinajstić information content (AvgIpc) is 0.992. The fourth-order valence-corrected chi connectivity index (χ4v) is 12.9. The second kappa shape index (κ2) is 20.0. The lowest BCUT2D eigenvalue weighted by atomic mass is 9.33. The van der Waals surface area contributed by atoms with E-state index in [9.17, 15) is 5.48 Å². The maximum Gasteiger partial charge on any atom is 0.252 e. The van der Waals surface area contributed by atoms with E-state index in [1.165, 1.54) is 0 Å². The second-order valence-electron chi connectivity index (χ2n) is 21.1. The zero-order valence-corrected chi connectivity index (χ0v) is 45.0. The van der Waals surface area contributed by atoms with E-state index >= 15 is 0 Å². The van der Waals surface area contributed by atoms with Crippen LogP contribution < -0.4 is 31.1 Å². The van der Waals surface area contributed by atoms with E-state index in [-0.39, 0.29) is 17.6 Å². The van der Waals surface area contributed by atoms with Gasteiger partial charge < -0.3 is 19.1 Å². The van der Waals surface area contributed by atoms with E-state index in [1.54, 1.807) is 0 Å². The van der Waals surface area contributed by atoms with Gasteiger partial charge in [-0.25, -0.2) is 0 Å². The molecule has 0 amide bonds. The number of hydrogen-bond donors (Lipinski definition) is 0. The van der Waals surface area contributed by atoms with Crippen LogP contribution in [-0.2, 0) is 0 Å². The Hall–Kier alpha value is -10.9. The Labute approximate surface area is 490 Å². The number of rotatable bonds is 10. The number of furan rings is 1. The lowest BCUT2D eigenvalue weighted by Gasteiger charge is -2.46. The lowest BCUT2D eigenvalue weighted by Crippen LogP contribution is -2.61. The molecule has 0 saturated carbocycles. The maximum absolute atomic E-state index is 9.78. The van der Waals surface area contributed by atoms with Gasteiger partial charge in [-0.15, -0.1) is 0 Å². The van der Waals surface area contributed by atoms with Crippen LogP contribution in [0.25, 0.3) is 77.6 Å². The number of nitrogens with zero attached hydrogens (tertiary/aromatic N) is 3. The molecule has 83 heavy (non-hydrogen) atoms. The SMILES string of the molecule is [2H]c1c([2H])c([2H])c(-c2cc3c4c(c2)N(c2ccccc2-c2ccccc2)c2c(cc(N(c5ccccc5)c5ccccc5)c5c2oc2ccccc25)B4c2ccc(-c4ccccc4)cc2N3c2c(-c3ccccc3)cccc2-c2ccccc2)c([2H])c1[2H]. The van der Waals surface area contributed by atoms with Crippen molar-refractivity contribution in [2.24, 2.45) is 0 Å². The van der Waals surface area contributed by atoms with Gasteiger partial charge in [0.25, 0.3) is 6.71 Å². The highest BCUT2D eigenvalue weighted by molar-refractivity contribution is 7.00. The van der Waals surface area contributed by atoms with Crippen molar-refractivity contribution in [2.45, 2.75) is 0 Å². The molecule has 13 aromatic carbocycles. The summed E-state index contributed by atoms with van der Waals surface area (Å²) in [5, 5.41) is 1.85. The van der Waals surface area contributed by atoms with Crippen LogP contribution in [-0.4, -0.2) is 6.71 Å². The van der Waals surface area contributed by atoms with E-state index < -0.39 is 24.8 Å². The molecule has 2 aliphatic rings. The van der Waals surface area contributed by atoms with Gasteiger partial charge in [0.05, 0.1) is 35.0 Å². The molecule has 0 bridgehead atoms. The molecule has 0 N–H and O–H groups in total. The predicted molar refractivity (Wildman–Crippen MR) is 350 cm³/mol. The van der Waals surface area contributed by atoms with Gasteiger partial charge in [-0.3, -0.25) is 0 Å². The highest BCUT2D eigenvalue weighted by atomic mass is 16.3.